The molecule has 2 N–H and O–H groups in total. The molecule has 0 aromatic heterocycles. The van der Waals surface area contributed by atoms with E-state index in [9.17, 15) is 9.59 Å². The molecule has 34 heavy (non-hydrogen) atoms. The van der Waals surface area contributed by atoms with Gasteiger partial charge in [0, 0.05) is 25.2 Å². The summed E-state index contributed by atoms with van der Waals surface area (Å²) in [4.78, 5) is 23.9. The quantitative estimate of drug-likeness (QED) is 0.389. The van der Waals surface area contributed by atoms with Crippen LogP contribution in [0.3, 0.4) is 0 Å². The molecule has 0 unspecified atom stereocenters. The van der Waals surface area contributed by atoms with Crippen molar-refractivity contribution in [3.05, 3.63) is 59.7 Å². The van der Waals surface area contributed by atoms with Crippen LogP contribution >= 0.6 is 0 Å². The molecule has 8 nitrogen and oxygen atoms in total. The third-order valence-electron chi connectivity index (χ3n) is 5.35. The van der Waals surface area contributed by atoms with Crippen molar-refractivity contribution in [2.45, 2.75) is 25.7 Å². The van der Waals surface area contributed by atoms with Crippen LogP contribution in [0.5, 0.6) is 23.0 Å². The maximum Gasteiger partial charge on any atom is 0.243 e. The van der Waals surface area contributed by atoms with Crippen molar-refractivity contribution in [1.29, 1.82) is 0 Å². The Bertz CT molecular complexity index is 993. The average molecular weight is 465 g/mol. The van der Waals surface area contributed by atoms with Gasteiger partial charge in [0.15, 0.2) is 23.0 Å². The fraction of sp³-hybridized carbons (Fsp3) is 0.308. The Morgan fingerprint density at radius 2 is 1.09 bits per heavy atom. The second-order valence-electron chi connectivity index (χ2n) is 7.89. The van der Waals surface area contributed by atoms with Crippen LogP contribution in [0.4, 0.5) is 0 Å². The van der Waals surface area contributed by atoms with E-state index in [1.807, 2.05) is 36.4 Å². The molecule has 8 heteroatoms. The van der Waals surface area contributed by atoms with E-state index in [2.05, 4.69) is 10.6 Å². The first-order valence-electron chi connectivity index (χ1n) is 11.4. The lowest BCUT2D eigenvalue weighted by Gasteiger charge is -2.04. The molecule has 0 fully saturated rings. The number of fused-ring (bicyclic) bond motifs is 2. The van der Waals surface area contributed by atoms with Gasteiger partial charge in [0.2, 0.25) is 25.4 Å². The van der Waals surface area contributed by atoms with Crippen molar-refractivity contribution < 1.29 is 28.5 Å². The van der Waals surface area contributed by atoms with E-state index in [-0.39, 0.29) is 25.4 Å². The van der Waals surface area contributed by atoms with E-state index >= 15 is 0 Å². The summed E-state index contributed by atoms with van der Waals surface area (Å²) in [5.74, 6) is 2.58. The predicted octanol–water partition coefficient (Wildman–Crippen LogP) is 3.66. The summed E-state index contributed by atoms with van der Waals surface area (Å²) in [6.07, 6.45) is 10.3. The number of amides is 2. The van der Waals surface area contributed by atoms with Gasteiger partial charge in [0.25, 0.3) is 0 Å². The van der Waals surface area contributed by atoms with Crippen LogP contribution in [0.25, 0.3) is 12.2 Å². The SMILES string of the molecule is O=C(C=Cc1ccc2c(c1)OCO2)NCCCCCCNC(=O)C=Cc1ccc2c(c1)OCO2. The van der Waals surface area contributed by atoms with E-state index in [4.69, 9.17) is 18.9 Å². The van der Waals surface area contributed by atoms with Gasteiger partial charge in [-0.25, -0.2) is 0 Å². The van der Waals surface area contributed by atoms with Gasteiger partial charge in [-0.2, -0.15) is 0 Å². The lowest BCUT2D eigenvalue weighted by molar-refractivity contribution is -0.117. The summed E-state index contributed by atoms with van der Waals surface area (Å²) in [5.41, 5.74) is 1.76. The summed E-state index contributed by atoms with van der Waals surface area (Å²) >= 11 is 0. The van der Waals surface area contributed by atoms with Crippen LogP contribution in [0.15, 0.2) is 48.6 Å². The summed E-state index contributed by atoms with van der Waals surface area (Å²) in [6.45, 7) is 1.70. The van der Waals surface area contributed by atoms with Crippen molar-refractivity contribution in [2.24, 2.45) is 0 Å². The number of rotatable bonds is 11. The molecule has 2 aromatic rings. The van der Waals surface area contributed by atoms with Gasteiger partial charge in [-0.05, 0) is 60.4 Å². The number of carbonyl (C=O) groups excluding carboxylic acids is 2. The van der Waals surface area contributed by atoms with Gasteiger partial charge in [0.05, 0.1) is 0 Å². The van der Waals surface area contributed by atoms with Gasteiger partial charge in [-0.15, -0.1) is 0 Å². The Balaban J connectivity index is 1.03. The summed E-state index contributed by atoms with van der Waals surface area (Å²) < 4.78 is 21.2. The molecule has 0 saturated carbocycles. The number of unbranched alkanes of at least 4 members (excludes halogenated alkanes) is 3. The molecule has 0 spiro atoms. The Hall–Kier alpha value is -3.94. The first kappa shape index (κ1) is 23.2. The molecular formula is C26H28N2O6. The van der Waals surface area contributed by atoms with Crippen molar-refractivity contribution in [2.75, 3.05) is 26.7 Å². The number of ether oxygens (including phenoxy) is 4. The normalized spacial score (nSPS) is 13.5. The lowest BCUT2D eigenvalue weighted by atomic mass is 10.1. The van der Waals surface area contributed by atoms with Gasteiger partial charge >= 0.3 is 0 Å². The van der Waals surface area contributed by atoms with E-state index < -0.39 is 0 Å². The average Bonchev–Trinajstić information content (AvgIpc) is 3.51. The highest BCUT2D eigenvalue weighted by molar-refractivity contribution is 5.92. The van der Waals surface area contributed by atoms with E-state index in [0.717, 1.165) is 48.3 Å². The Labute approximate surface area is 198 Å². The fourth-order valence-electron chi connectivity index (χ4n) is 3.52. The number of carbonyl (C=O) groups is 2. The smallest absolute Gasteiger partial charge is 0.243 e. The Kier molecular flexibility index (Phi) is 8.05. The standard InChI is InChI=1S/C26H28N2O6/c29-25(11-7-19-5-9-21-23(15-19)33-17-31-21)27-13-3-1-2-4-14-28-26(30)12-8-20-6-10-22-24(16-20)34-18-32-22/h5-12,15-16H,1-4,13-14,17-18H2,(H,27,29)(H,28,30). The molecule has 178 valence electrons. The van der Waals surface area contributed by atoms with Crippen LogP contribution in [0.1, 0.15) is 36.8 Å². The Morgan fingerprint density at radius 1 is 0.647 bits per heavy atom. The molecule has 0 atom stereocenters. The van der Waals surface area contributed by atoms with Crippen molar-refractivity contribution >= 4 is 24.0 Å². The van der Waals surface area contributed by atoms with Crippen LogP contribution in [0, 0.1) is 0 Å². The number of benzene rings is 2. The van der Waals surface area contributed by atoms with Crippen LogP contribution < -0.4 is 29.6 Å². The zero-order valence-corrected chi connectivity index (χ0v) is 18.9. The summed E-state index contributed by atoms with van der Waals surface area (Å²) in [6, 6.07) is 11.1. The maximum atomic E-state index is 12.0. The first-order chi connectivity index (χ1) is 16.7. The molecule has 0 radical (unpaired) electrons. The van der Waals surface area contributed by atoms with E-state index in [1.54, 1.807) is 12.2 Å². The van der Waals surface area contributed by atoms with Gasteiger partial charge < -0.3 is 29.6 Å². The van der Waals surface area contributed by atoms with Gasteiger partial charge in [-0.1, -0.05) is 25.0 Å². The Morgan fingerprint density at radius 3 is 1.56 bits per heavy atom. The van der Waals surface area contributed by atoms with Crippen LogP contribution in [-0.4, -0.2) is 38.5 Å². The minimum absolute atomic E-state index is 0.126. The monoisotopic (exact) mass is 464 g/mol. The van der Waals surface area contributed by atoms with E-state index in [0.29, 0.717) is 24.6 Å². The number of nitrogens with one attached hydrogen (secondary N) is 2. The number of hydrogen-bond acceptors (Lipinski definition) is 6. The molecule has 2 amide bonds. The molecule has 0 bridgehead atoms. The molecule has 2 aliphatic heterocycles. The summed E-state index contributed by atoms with van der Waals surface area (Å²) in [5, 5.41) is 5.77. The highest BCUT2D eigenvalue weighted by atomic mass is 16.7. The molecule has 0 aliphatic carbocycles. The number of hydrogen-bond donors (Lipinski definition) is 2. The lowest BCUT2D eigenvalue weighted by Crippen LogP contribution is -2.23. The maximum absolute atomic E-state index is 12.0. The van der Waals surface area contributed by atoms with Crippen molar-refractivity contribution in [3.63, 3.8) is 0 Å². The first-order valence-corrected chi connectivity index (χ1v) is 11.4. The van der Waals surface area contributed by atoms with Crippen LogP contribution in [-0.2, 0) is 9.59 Å². The molecule has 0 saturated heterocycles. The second kappa shape index (κ2) is 11.8. The largest absolute Gasteiger partial charge is 0.454 e. The topological polar surface area (TPSA) is 95.1 Å². The third kappa shape index (κ3) is 6.78. The van der Waals surface area contributed by atoms with Gasteiger partial charge in [-0.3, -0.25) is 9.59 Å². The van der Waals surface area contributed by atoms with E-state index in [1.165, 1.54) is 12.2 Å². The van der Waals surface area contributed by atoms with Crippen LogP contribution in [0.2, 0.25) is 0 Å². The second-order valence-corrected chi connectivity index (χ2v) is 7.89. The minimum atomic E-state index is -0.126. The van der Waals surface area contributed by atoms with Gasteiger partial charge in [0.1, 0.15) is 0 Å². The zero-order valence-electron chi connectivity index (χ0n) is 18.9. The predicted molar refractivity (Wildman–Crippen MR) is 128 cm³/mol. The highest BCUT2D eigenvalue weighted by Crippen LogP contribution is 2.33. The third-order valence-corrected chi connectivity index (χ3v) is 5.35. The molecule has 4 rings (SSSR count). The minimum Gasteiger partial charge on any atom is -0.454 e. The highest BCUT2D eigenvalue weighted by Gasteiger charge is 2.13. The van der Waals surface area contributed by atoms with Crippen molar-refractivity contribution in [1.82, 2.24) is 10.6 Å². The summed E-state index contributed by atoms with van der Waals surface area (Å²) in [7, 11) is 0. The molecule has 2 aromatic carbocycles. The molecule has 2 aliphatic rings. The fourth-order valence-corrected chi connectivity index (χ4v) is 3.52. The molecule has 2 heterocycles. The molecular weight excluding hydrogens is 436 g/mol. The zero-order chi connectivity index (χ0) is 23.6. The van der Waals surface area contributed by atoms with Crippen molar-refractivity contribution in [3.8, 4) is 23.0 Å².